The highest BCUT2D eigenvalue weighted by Crippen LogP contribution is 2.31. The highest BCUT2D eigenvalue weighted by Gasteiger charge is 2.31. The summed E-state index contributed by atoms with van der Waals surface area (Å²) in [6.45, 7) is 7.22. The summed E-state index contributed by atoms with van der Waals surface area (Å²) >= 11 is 0. The standard InChI is InChI=1S/C18H26N2O6S.CH4/c1-11-12(7-8-13-14(11)10-25-16(13)21)15(20(5)27(6,23)24)9-19-17(22)26-18(2,3)4;/h7-8,15H,9-10H2,1-6H3,(H,19,22);1H4/t15-;/m0./s1. The van der Waals surface area contributed by atoms with Crippen molar-refractivity contribution in [1.82, 2.24) is 9.62 Å². The summed E-state index contributed by atoms with van der Waals surface area (Å²) in [4.78, 5) is 23.8. The molecule has 0 fully saturated rings. The Morgan fingerprint density at radius 1 is 1.36 bits per heavy atom. The molecule has 1 amide bonds. The third-order valence-electron chi connectivity index (χ3n) is 4.37. The fourth-order valence-electron chi connectivity index (χ4n) is 2.89. The van der Waals surface area contributed by atoms with Crippen LogP contribution in [0.15, 0.2) is 12.1 Å². The average molecular weight is 415 g/mol. The van der Waals surface area contributed by atoms with Gasteiger partial charge in [-0.05, 0) is 44.9 Å². The Kier molecular flexibility index (Phi) is 7.24. The average Bonchev–Trinajstić information content (AvgIpc) is 2.88. The Morgan fingerprint density at radius 3 is 2.50 bits per heavy atom. The maximum absolute atomic E-state index is 12.1. The third kappa shape index (κ3) is 5.45. The molecular formula is C19H30N2O6S. The Labute approximate surface area is 167 Å². The number of alkyl carbamates (subject to hydrolysis) is 1. The van der Waals surface area contributed by atoms with Crippen molar-refractivity contribution < 1.29 is 27.5 Å². The number of esters is 1. The van der Waals surface area contributed by atoms with Crippen LogP contribution in [0.3, 0.4) is 0 Å². The Hall–Kier alpha value is -2.13. The van der Waals surface area contributed by atoms with E-state index in [-0.39, 0.29) is 26.5 Å². The van der Waals surface area contributed by atoms with Crippen LogP contribution >= 0.6 is 0 Å². The number of ether oxygens (including phenoxy) is 2. The molecule has 1 atom stereocenters. The van der Waals surface area contributed by atoms with Gasteiger partial charge in [0.15, 0.2) is 0 Å². The van der Waals surface area contributed by atoms with E-state index >= 15 is 0 Å². The van der Waals surface area contributed by atoms with Crippen molar-refractivity contribution >= 4 is 22.1 Å². The molecule has 0 saturated carbocycles. The number of nitrogens with one attached hydrogen (secondary N) is 1. The van der Waals surface area contributed by atoms with Crippen LogP contribution in [0.4, 0.5) is 4.79 Å². The molecule has 2 rings (SSSR count). The molecule has 0 radical (unpaired) electrons. The van der Waals surface area contributed by atoms with E-state index in [4.69, 9.17) is 9.47 Å². The molecule has 0 unspecified atom stereocenters. The summed E-state index contributed by atoms with van der Waals surface area (Å²) in [6.07, 6.45) is 0.467. The van der Waals surface area contributed by atoms with E-state index in [1.165, 1.54) is 11.4 Å². The Balaban J connectivity index is 0.00000392. The van der Waals surface area contributed by atoms with Gasteiger partial charge >= 0.3 is 12.1 Å². The van der Waals surface area contributed by atoms with E-state index < -0.39 is 27.8 Å². The summed E-state index contributed by atoms with van der Waals surface area (Å²) in [5.74, 6) is -0.389. The van der Waals surface area contributed by atoms with Gasteiger partial charge in [-0.15, -0.1) is 0 Å². The largest absolute Gasteiger partial charge is 0.457 e. The number of amides is 1. The van der Waals surface area contributed by atoms with E-state index in [0.29, 0.717) is 11.1 Å². The number of cyclic esters (lactones) is 1. The van der Waals surface area contributed by atoms with E-state index in [1.54, 1.807) is 32.9 Å². The number of nitrogens with zero attached hydrogens (tertiary/aromatic N) is 1. The Bertz CT molecular complexity index is 858. The monoisotopic (exact) mass is 414 g/mol. The summed E-state index contributed by atoms with van der Waals surface area (Å²) in [5, 5.41) is 2.63. The minimum atomic E-state index is -3.53. The lowest BCUT2D eigenvalue weighted by Gasteiger charge is -2.29. The number of hydrogen-bond acceptors (Lipinski definition) is 6. The first-order chi connectivity index (χ1) is 12.3. The van der Waals surface area contributed by atoms with Crippen molar-refractivity contribution in [2.24, 2.45) is 0 Å². The number of benzene rings is 1. The molecular weight excluding hydrogens is 384 g/mol. The maximum atomic E-state index is 12.1. The minimum absolute atomic E-state index is 0. The molecule has 1 heterocycles. The summed E-state index contributed by atoms with van der Waals surface area (Å²) < 4.78 is 35.7. The molecule has 9 heteroatoms. The van der Waals surface area contributed by atoms with Crippen LogP contribution in [0.1, 0.15) is 61.3 Å². The number of carbonyl (C=O) groups is 2. The van der Waals surface area contributed by atoms with Crippen molar-refractivity contribution in [3.8, 4) is 0 Å². The molecule has 0 aliphatic carbocycles. The molecule has 1 aromatic carbocycles. The second kappa shape index (κ2) is 8.48. The van der Waals surface area contributed by atoms with Crippen LogP contribution < -0.4 is 5.32 Å². The first-order valence-corrected chi connectivity index (χ1v) is 10.4. The zero-order valence-corrected chi connectivity index (χ0v) is 17.3. The van der Waals surface area contributed by atoms with E-state index in [9.17, 15) is 18.0 Å². The van der Waals surface area contributed by atoms with Gasteiger partial charge in [-0.25, -0.2) is 18.0 Å². The Morgan fingerprint density at radius 2 is 1.96 bits per heavy atom. The fourth-order valence-corrected chi connectivity index (χ4v) is 3.54. The van der Waals surface area contributed by atoms with Crippen LogP contribution in [-0.4, -0.2) is 50.2 Å². The van der Waals surface area contributed by atoms with Crippen LogP contribution in [0.5, 0.6) is 0 Å². The van der Waals surface area contributed by atoms with Crippen LogP contribution in [0, 0.1) is 6.92 Å². The maximum Gasteiger partial charge on any atom is 0.407 e. The zero-order chi connectivity index (χ0) is 20.6. The second-order valence-corrected chi connectivity index (χ2v) is 9.60. The highest BCUT2D eigenvalue weighted by atomic mass is 32.2. The van der Waals surface area contributed by atoms with Crippen molar-refractivity contribution in [2.75, 3.05) is 19.8 Å². The van der Waals surface area contributed by atoms with E-state index in [0.717, 1.165) is 17.4 Å². The van der Waals surface area contributed by atoms with Crippen LogP contribution in [0.25, 0.3) is 0 Å². The van der Waals surface area contributed by atoms with Gasteiger partial charge in [0, 0.05) is 19.2 Å². The zero-order valence-electron chi connectivity index (χ0n) is 16.5. The predicted octanol–water partition coefficient (Wildman–Crippen LogP) is 2.76. The van der Waals surface area contributed by atoms with E-state index in [2.05, 4.69) is 5.32 Å². The van der Waals surface area contributed by atoms with Crippen molar-refractivity contribution in [2.45, 2.75) is 53.4 Å². The first kappa shape index (κ1) is 23.9. The summed E-state index contributed by atoms with van der Waals surface area (Å²) in [5.41, 5.74) is 2.02. The smallest absolute Gasteiger partial charge is 0.407 e. The molecule has 0 bridgehead atoms. The van der Waals surface area contributed by atoms with Gasteiger partial charge < -0.3 is 14.8 Å². The number of sulfonamides is 1. The van der Waals surface area contributed by atoms with Crippen molar-refractivity contribution in [3.63, 3.8) is 0 Å². The quantitative estimate of drug-likeness (QED) is 0.744. The SMILES string of the molecule is C.Cc1c([C@H](CNC(=O)OC(C)(C)C)N(C)S(C)(=O)=O)ccc2c1COC2=O. The number of carbonyl (C=O) groups excluding carboxylic acids is 2. The molecule has 1 aliphatic rings. The molecule has 0 saturated heterocycles. The molecule has 28 heavy (non-hydrogen) atoms. The first-order valence-electron chi connectivity index (χ1n) is 8.50. The number of hydrogen-bond donors (Lipinski definition) is 1. The predicted molar refractivity (Wildman–Crippen MR) is 107 cm³/mol. The molecule has 8 nitrogen and oxygen atoms in total. The normalized spacial score (nSPS) is 14.8. The number of fused-ring (bicyclic) bond motifs is 1. The van der Waals surface area contributed by atoms with Gasteiger partial charge in [0.1, 0.15) is 12.2 Å². The molecule has 158 valence electrons. The van der Waals surface area contributed by atoms with Gasteiger partial charge in [0.2, 0.25) is 10.0 Å². The molecule has 1 aromatic rings. The topological polar surface area (TPSA) is 102 Å². The minimum Gasteiger partial charge on any atom is -0.457 e. The number of rotatable bonds is 5. The number of likely N-dealkylation sites (N-methyl/N-ethyl adjacent to an activating group) is 1. The molecule has 0 spiro atoms. The van der Waals surface area contributed by atoms with Gasteiger partial charge in [-0.3, -0.25) is 0 Å². The van der Waals surface area contributed by atoms with Gasteiger partial charge in [-0.2, -0.15) is 4.31 Å². The van der Waals surface area contributed by atoms with Gasteiger partial charge in [-0.1, -0.05) is 13.5 Å². The molecule has 1 aliphatic heterocycles. The molecule has 0 aromatic heterocycles. The van der Waals surface area contributed by atoms with Gasteiger partial charge in [0.05, 0.1) is 17.9 Å². The van der Waals surface area contributed by atoms with Crippen molar-refractivity contribution in [1.29, 1.82) is 0 Å². The van der Waals surface area contributed by atoms with Crippen LogP contribution in [0.2, 0.25) is 0 Å². The third-order valence-corrected chi connectivity index (χ3v) is 5.67. The molecule has 1 N–H and O–H groups in total. The van der Waals surface area contributed by atoms with E-state index in [1.807, 2.05) is 6.92 Å². The summed E-state index contributed by atoms with van der Waals surface area (Å²) in [7, 11) is -2.08. The van der Waals surface area contributed by atoms with Crippen LogP contribution in [-0.2, 0) is 26.1 Å². The van der Waals surface area contributed by atoms with Gasteiger partial charge in [0.25, 0.3) is 0 Å². The lowest BCUT2D eigenvalue weighted by molar-refractivity contribution is 0.0512. The lowest BCUT2D eigenvalue weighted by Crippen LogP contribution is -2.41. The second-order valence-electron chi connectivity index (χ2n) is 7.56. The summed E-state index contributed by atoms with van der Waals surface area (Å²) in [6, 6.07) is 2.67. The lowest BCUT2D eigenvalue weighted by atomic mass is 9.94. The highest BCUT2D eigenvalue weighted by molar-refractivity contribution is 7.88. The van der Waals surface area contributed by atoms with Crippen molar-refractivity contribution in [3.05, 3.63) is 34.4 Å². The fraction of sp³-hybridized carbons (Fsp3) is 0.579.